The Morgan fingerprint density at radius 1 is 1.04 bits per heavy atom. The van der Waals surface area contributed by atoms with Crippen LogP contribution in [0.3, 0.4) is 0 Å². The Labute approximate surface area is 161 Å². The number of aliphatic imine (C=N–C) groups is 1. The van der Waals surface area contributed by atoms with Crippen molar-refractivity contribution in [1.82, 2.24) is 10.6 Å². The van der Waals surface area contributed by atoms with E-state index >= 15 is 0 Å². The van der Waals surface area contributed by atoms with Gasteiger partial charge in [-0.3, -0.25) is 4.99 Å². The van der Waals surface area contributed by atoms with Gasteiger partial charge in [0, 0.05) is 25.7 Å². The summed E-state index contributed by atoms with van der Waals surface area (Å²) in [5.41, 5.74) is 2.32. The van der Waals surface area contributed by atoms with Gasteiger partial charge in [0.2, 0.25) is 0 Å². The number of hydrogen-bond donors (Lipinski definition) is 2. The van der Waals surface area contributed by atoms with Crippen LogP contribution in [0.1, 0.15) is 24.0 Å². The van der Waals surface area contributed by atoms with Gasteiger partial charge >= 0.3 is 0 Å². The second-order valence-electron chi connectivity index (χ2n) is 6.75. The fraction of sp³-hybridized carbons (Fsp3) is 0.409. The first-order valence-electron chi connectivity index (χ1n) is 9.62. The van der Waals surface area contributed by atoms with Crippen LogP contribution in [0.25, 0.3) is 0 Å². The molecule has 2 N–H and O–H groups in total. The molecular weight excluding hydrogens is 338 g/mol. The maximum absolute atomic E-state index is 5.96. The number of benzene rings is 2. The van der Waals surface area contributed by atoms with Gasteiger partial charge < -0.3 is 20.1 Å². The molecule has 0 atom stereocenters. The van der Waals surface area contributed by atoms with E-state index in [2.05, 4.69) is 33.8 Å². The first-order chi connectivity index (χ1) is 13.3. The molecule has 144 valence electrons. The first kappa shape index (κ1) is 19.2. The standard InChI is InChI=1S/C22H29N3O2/c1-23-22(24-13-14-26-16-18-7-3-2-4-8-18)25-15-20-9-5-6-10-21(20)27-17-19-11-12-19/h2-10,19H,11-17H2,1H3,(H2,23,24,25). The highest BCUT2D eigenvalue weighted by Gasteiger charge is 2.22. The van der Waals surface area contributed by atoms with E-state index in [0.29, 0.717) is 26.3 Å². The average Bonchev–Trinajstić information content (AvgIpc) is 3.54. The van der Waals surface area contributed by atoms with Crippen molar-refractivity contribution < 1.29 is 9.47 Å². The van der Waals surface area contributed by atoms with Crippen molar-refractivity contribution in [3.8, 4) is 5.75 Å². The Morgan fingerprint density at radius 2 is 1.81 bits per heavy atom. The molecule has 5 heteroatoms. The minimum Gasteiger partial charge on any atom is -0.493 e. The summed E-state index contributed by atoms with van der Waals surface area (Å²) in [6.45, 7) is 3.44. The monoisotopic (exact) mass is 367 g/mol. The van der Waals surface area contributed by atoms with Gasteiger partial charge in [-0.2, -0.15) is 0 Å². The van der Waals surface area contributed by atoms with Gasteiger partial charge in [0.05, 0.1) is 19.8 Å². The van der Waals surface area contributed by atoms with Crippen molar-refractivity contribution >= 4 is 5.96 Å². The lowest BCUT2D eigenvalue weighted by Crippen LogP contribution is -2.38. The zero-order chi connectivity index (χ0) is 18.7. The van der Waals surface area contributed by atoms with E-state index in [-0.39, 0.29) is 0 Å². The highest BCUT2D eigenvalue weighted by atomic mass is 16.5. The molecule has 0 bridgehead atoms. The van der Waals surface area contributed by atoms with Crippen LogP contribution in [-0.2, 0) is 17.9 Å². The normalized spacial score (nSPS) is 14.0. The van der Waals surface area contributed by atoms with Crippen LogP contribution in [0.5, 0.6) is 5.75 Å². The summed E-state index contributed by atoms with van der Waals surface area (Å²) in [7, 11) is 1.77. The second kappa shape index (κ2) is 10.6. The fourth-order valence-electron chi connectivity index (χ4n) is 2.69. The quantitative estimate of drug-likeness (QED) is 0.384. The number of guanidine groups is 1. The van der Waals surface area contributed by atoms with E-state index in [4.69, 9.17) is 9.47 Å². The number of para-hydroxylation sites is 1. The predicted molar refractivity (Wildman–Crippen MR) is 109 cm³/mol. The molecule has 0 amide bonds. The molecule has 0 saturated heterocycles. The Balaban J connectivity index is 1.36. The summed E-state index contributed by atoms with van der Waals surface area (Å²) < 4.78 is 11.7. The molecule has 2 aromatic rings. The van der Waals surface area contributed by atoms with Gasteiger partial charge in [0.1, 0.15) is 5.75 Å². The van der Waals surface area contributed by atoms with Gasteiger partial charge in [0.25, 0.3) is 0 Å². The number of ether oxygens (including phenoxy) is 2. The summed E-state index contributed by atoms with van der Waals surface area (Å²) in [6, 6.07) is 18.4. The predicted octanol–water partition coefficient (Wildman–Crippen LogP) is 3.36. The molecule has 0 unspecified atom stereocenters. The Bertz CT molecular complexity index is 715. The molecule has 1 fully saturated rings. The first-order valence-corrected chi connectivity index (χ1v) is 9.62. The molecule has 0 spiro atoms. The molecule has 0 radical (unpaired) electrons. The van der Waals surface area contributed by atoms with E-state index in [9.17, 15) is 0 Å². The zero-order valence-corrected chi connectivity index (χ0v) is 16.0. The summed E-state index contributed by atoms with van der Waals surface area (Å²) in [6.07, 6.45) is 2.59. The fourth-order valence-corrected chi connectivity index (χ4v) is 2.69. The molecule has 0 aromatic heterocycles. The zero-order valence-electron chi connectivity index (χ0n) is 16.0. The maximum atomic E-state index is 5.96. The molecule has 1 saturated carbocycles. The van der Waals surface area contributed by atoms with Crippen molar-refractivity contribution in [2.24, 2.45) is 10.9 Å². The van der Waals surface area contributed by atoms with Crippen molar-refractivity contribution in [2.45, 2.75) is 26.0 Å². The van der Waals surface area contributed by atoms with Gasteiger partial charge in [-0.15, -0.1) is 0 Å². The number of hydrogen-bond acceptors (Lipinski definition) is 3. The third kappa shape index (κ3) is 6.94. The molecule has 3 rings (SSSR count). The molecule has 0 heterocycles. The van der Waals surface area contributed by atoms with Crippen molar-refractivity contribution in [1.29, 1.82) is 0 Å². The van der Waals surface area contributed by atoms with E-state index < -0.39 is 0 Å². The van der Waals surface area contributed by atoms with Crippen molar-refractivity contribution in [2.75, 3.05) is 26.8 Å². The summed E-state index contributed by atoms with van der Waals surface area (Å²) in [5, 5.41) is 6.62. The molecule has 1 aliphatic carbocycles. The molecular formula is C22H29N3O2. The molecule has 1 aliphatic rings. The summed E-state index contributed by atoms with van der Waals surface area (Å²) in [5.74, 6) is 2.46. The Morgan fingerprint density at radius 3 is 2.59 bits per heavy atom. The highest BCUT2D eigenvalue weighted by molar-refractivity contribution is 5.79. The molecule has 27 heavy (non-hydrogen) atoms. The topological polar surface area (TPSA) is 54.9 Å². The third-order valence-electron chi connectivity index (χ3n) is 4.46. The lowest BCUT2D eigenvalue weighted by Gasteiger charge is -2.15. The Hall–Kier alpha value is -2.53. The van der Waals surface area contributed by atoms with Gasteiger partial charge in [0.15, 0.2) is 5.96 Å². The van der Waals surface area contributed by atoms with E-state index in [1.54, 1.807) is 7.05 Å². The SMILES string of the molecule is CN=C(NCCOCc1ccccc1)NCc1ccccc1OCC1CC1. The van der Waals surface area contributed by atoms with E-state index in [1.807, 2.05) is 36.4 Å². The largest absolute Gasteiger partial charge is 0.493 e. The van der Waals surface area contributed by atoms with Crippen LogP contribution >= 0.6 is 0 Å². The number of nitrogens with zero attached hydrogens (tertiary/aromatic N) is 1. The van der Waals surface area contributed by atoms with Crippen LogP contribution in [-0.4, -0.2) is 32.8 Å². The summed E-state index contributed by atoms with van der Waals surface area (Å²) >= 11 is 0. The molecule has 0 aliphatic heterocycles. The number of rotatable bonds is 10. The second-order valence-corrected chi connectivity index (χ2v) is 6.75. The molecule has 2 aromatic carbocycles. The molecule has 5 nitrogen and oxygen atoms in total. The lowest BCUT2D eigenvalue weighted by atomic mass is 10.2. The van der Waals surface area contributed by atoms with Crippen molar-refractivity contribution in [3.63, 3.8) is 0 Å². The Kier molecular flexibility index (Phi) is 7.54. The van der Waals surface area contributed by atoms with Crippen molar-refractivity contribution in [3.05, 3.63) is 65.7 Å². The van der Waals surface area contributed by atoms with Crippen LogP contribution in [0.4, 0.5) is 0 Å². The van der Waals surface area contributed by atoms with Gasteiger partial charge in [-0.25, -0.2) is 0 Å². The minimum absolute atomic E-state index is 0.622. The van der Waals surface area contributed by atoms with Crippen LogP contribution in [0.2, 0.25) is 0 Å². The van der Waals surface area contributed by atoms with Crippen LogP contribution in [0, 0.1) is 5.92 Å². The van der Waals surface area contributed by atoms with E-state index in [0.717, 1.165) is 29.8 Å². The van der Waals surface area contributed by atoms with Gasteiger partial charge in [-0.1, -0.05) is 48.5 Å². The van der Waals surface area contributed by atoms with Gasteiger partial charge in [-0.05, 0) is 30.4 Å². The minimum atomic E-state index is 0.622. The smallest absolute Gasteiger partial charge is 0.191 e. The number of nitrogens with one attached hydrogen (secondary N) is 2. The van der Waals surface area contributed by atoms with Crippen LogP contribution in [0.15, 0.2) is 59.6 Å². The third-order valence-corrected chi connectivity index (χ3v) is 4.46. The van der Waals surface area contributed by atoms with E-state index in [1.165, 1.54) is 18.4 Å². The average molecular weight is 367 g/mol. The van der Waals surface area contributed by atoms with Crippen LogP contribution < -0.4 is 15.4 Å². The maximum Gasteiger partial charge on any atom is 0.191 e. The summed E-state index contributed by atoms with van der Waals surface area (Å²) in [4.78, 5) is 4.27. The highest BCUT2D eigenvalue weighted by Crippen LogP contribution is 2.30. The lowest BCUT2D eigenvalue weighted by molar-refractivity contribution is 0.125.